The molecule has 0 bridgehead atoms. The van der Waals surface area contributed by atoms with Crippen molar-refractivity contribution in [2.45, 2.75) is 25.3 Å². The number of amides is 1. The Bertz CT molecular complexity index is 937. The van der Waals surface area contributed by atoms with Crippen molar-refractivity contribution in [1.29, 1.82) is 0 Å². The standard InChI is InChI=1S/C19H24F3N3O5S/c1-19(10-31(28,29)25(2)17(24-19)23-18(26)27)13-7-11(9-15(21)16(13)22)8-14(20)12-3-5-30-6-4-12/h7-9,12,28-29H,3-6,10H2,1-2H3,(H,23,24)(H,26,27)/b14-8-. The van der Waals surface area contributed by atoms with Gasteiger partial charge in [0.05, 0.1) is 5.75 Å². The topological polar surface area (TPSA) is 115 Å². The molecule has 1 saturated heterocycles. The van der Waals surface area contributed by atoms with Gasteiger partial charge in [-0.15, -0.1) is 10.8 Å². The van der Waals surface area contributed by atoms with Gasteiger partial charge in [0, 0.05) is 31.7 Å². The van der Waals surface area contributed by atoms with Gasteiger partial charge in [0.1, 0.15) is 11.4 Å². The molecule has 0 aliphatic carbocycles. The number of carbonyl (C=O) groups is 1. The first-order chi connectivity index (χ1) is 14.4. The maximum Gasteiger partial charge on any atom is 0.411 e. The Kier molecular flexibility index (Phi) is 6.56. The molecule has 3 rings (SSSR count). The summed E-state index contributed by atoms with van der Waals surface area (Å²) in [4.78, 5) is 15.2. The highest BCUT2D eigenvalue weighted by atomic mass is 32.3. The van der Waals surface area contributed by atoms with Crippen molar-refractivity contribution in [1.82, 2.24) is 9.62 Å². The fourth-order valence-electron chi connectivity index (χ4n) is 3.62. The number of halogens is 3. The van der Waals surface area contributed by atoms with Gasteiger partial charge in [0.15, 0.2) is 11.6 Å². The van der Waals surface area contributed by atoms with E-state index in [0.29, 0.717) is 26.1 Å². The zero-order chi connectivity index (χ0) is 23.0. The van der Waals surface area contributed by atoms with Gasteiger partial charge in [-0.25, -0.2) is 27.3 Å². The lowest BCUT2D eigenvalue weighted by atomic mass is 9.91. The minimum atomic E-state index is -3.61. The molecule has 1 unspecified atom stereocenters. The molecule has 1 atom stereocenters. The quantitative estimate of drug-likeness (QED) is 0.535. The van der Waals surface area contributed by atoms with Crippen molar-refractivity contribution < 1.29 is 36.9 Å². The van der Waals surface area contributed by atoms with Gasteiger partial charge in [-0.2, -0.15) is 0 Å². The van der Waals surface area contributed by atoms with Crippen LogP contribution in [0, 0.1) is 17.6 Å². The van der Waals surface area contributed by atoms with Gasteiger partial charge >= 0.3 is 6.09 Å². The Morgan fingerprint density at radius 3 is 2.61 bits per heavy atom. The first kappa shape index (κ1) is 23.4. The lowest BCUT2D eigenvalue weighted by Crippen LogP contribution is -2.51. The number of nitrogens with one attached hydrogen (secondary N) is 1. The fourth-order valence-corrected chi connectivity index (χ4v) is 5.16. The van der Waals surface area contributed by atoms with E-state index in [4.69, 9.17) is 9.84 Å². The molecular formula is C19H24F3N3O5S. The van der Waals surface area contributed by atoms with Crippen LogP contribution in [0.3, 0.4) is 0 Å². The second-order valence-corrected chi connectivity index (χ2v) is 9.79. The van der Waals surface area contributed by atoms with E-state index in [1.165, 1.54) is 20.0 Å². The van der Waals surface area contributed by atoms with Gasteiger partial charge in [-0.1, -0.05) is 0 Å². The summed E-state index contributed by atoms with van der Waals surface area (Å²) in [5, 5.41) is 10.9. The third-order valence-electron chi connectivity index (χ3n) is 5.33. The molecule has 2 aliphatic heterocycles. The zero-order valence-electron chi connectivity index (χ0n) is 16.9. The molecule has 12 heteroatoms. The van der Waals surface area contributed by atoms with Crippen LogP contribution >= 0.6 is 10.8 Å². The van der Waals surface area contributed by atoms with Gasteiger partial charge in [-0.05, 0) is 43.5 Å². The van der Waals surface area contributed by atoms with Crippen molar-refractivity contribution in [3.63, 3.8) is 0 Å². The predicted molar refractivity (Wildman–Crippen MR) is 110 cm³/mol. The van der Waals surface area contributed by atoms with Gasteiger partial charge in [0.2, 0.25) is 5.96 Å². The molecule has 2 heterocycles. The van der Waals surface area contributed by atoms with Gasteiger partial charge < -0.3 is 9.84 Å². The molecule has 31 heavy (non-hydrogen) atoms. The number of allylic oxidation sites excluding steroid dienone is 1. The number of ether oxygens (including phenoxy) is 1. The van der Waals surface area contributed by atoms with Crippen LogP contribution in [-0.2, 0) is 10.3 Å². The minimum absolute atomic E-state index is 0.0393. The van der Waals surface area contributed by atoms with Crippen molar-refractivity contribution in [3.05, 3.63) is 40.7 Å². The molecule has 1 aromatic carbocycles. The normalized spacial score (nSPS) is 25.7. The van der Waals surface area contributed by atoms with E-state index in [1.54, 1.807) is 0 Å². The van der Waals surface area contributed by atoms with E-state index in [-0.39, 0.29) is 17.0 Å². The van der Waals surface area contributed by atoms with Crippen LogP contribution in [0.2, 0.25) is 0 Å². The summed E-state index contributed by atoms with van der Waals surface area (Å²) in [6.45, 7) is 2.14. The van der Waals surface area contributed by atoms with Crippen LogP contribution in [0.5, 0.6) is 0 Å². The third-order valence-corrected chi connectivity index (χ3v) is 7.33. The number of hydrogen-bond donors (Lipinski definition) is 4. The summed E-state index contributed by atoms with van der Waals surface area (Å²) in [6, 6.07) is 2.02. The van der Waals surface area contributed by atoms with Crippen molar-refractivity contribution in [2.75, 3.05) is 26.0 Å². The summed E-state index contributed by atoms with van der Waals surface area (Å²) >= 11 is 0. The molecule has 0 spiro atoms. The van der Waals surface area contributed by atoms with Crippen LogP contribution in [0.1, 0.15) is 30.9 Å². The molecule has 2 aliphatic rings. The summed E-state index contributed by atoms with van der Waals surface area (Å²) < 4.78 is 70.7. The Morgan fingerprint density at radius 1 is 1.35 bits per heavy atom. The predicted octanol–water partition coefficient (Wildman–Crippen LogP) is 4.15. The van der Waals surface area contributed by atoms with Crippen LogP contribution in [0.15, 0.2) is 23.0 Å². The van der Waals surface area contributed by atoms with Crippen LogP contribution in [-0.4, -0.2) is 56.6 Å². The molecule has 1 aromatic rings. The van der Waals surface area contributed by atoms with E-state index in [1.807, 2.05) is 5.32 Å². The third kappa shape index (κ3) is 4.97. The molecule has 1 fully saturated rings. The number of rotatable bonds is 3. The Hall–Kier alpha value is -2.28. The second-order valence-electron chi connectivity index (χ2n) is 7.69. The van der Waals surface area contributed by atoms with Crippen LogP contribution in [0.4, 0.5) is 18.0 Å². The molecular weight excluding hydrogens is 439 g/mol. The molecule has 0 aromatic heterocycles. The molecule has 0 saturated carbocycles. The highest BCUT2D eigenvalue weighted by molar-refractivity contribution is 8.22. The Morgan fingerprint density at radius 2 is 2.00 bits per heavy atom. The molecule has 8 nitrogen and oxygen atoms in total. The van der Waals surface area contributed by atoms with E-state index in [9.17, 15) is 27.1 Å². The van der Waals surface area contributed by atoms with E-state index in [2.05, 4.69) is 4.99 Å². The van der Waals surface area contributed by atoms with E-state index >= 15 is 0 Å². The largest absolute Gasteiger partial charge is 0.465 e. The maximum atomic E-state index is 14.8. The highest BCUT2D eigenvalue weighted by Gasteiger charge is 2.43. The first-order valence-electron chi connectivity index (χ1n) is 9.47. The molecule has 172 valence electrons. The van der Waals surface area contributed by atoms with Crippen LogP contribution < -0.4 is 5.32 Å². The SMILES string of the molecule is CN1C(NC(=O)O)=NC(C)(c2cc(/C=C(\F)C3CCOCC3)cc(F)c2F)CS1(O)O. The number of guanidine groups is 1. The molecule has 0 radical (unpaired) electrons. The lowest BCUT2D eigenvalue weighted by molar-refractivity contribution is 0.0705. The average Bonchev–Trinajstić information content (AvgIpc) is 2.68. The van der Waals surface area contributed by atoms with Crippen molar-refractivity contribution >= 4 is 28.9 Å². The average molecular weight is 463 g/mol. The second kappa shape index (κ2) is 8.69. The van der Waals surface area contributed by atoms with E-state index < -0.39 is 51.6 Å². The number of aliphatic imine (C=N–C) groups is 1. The monoisotopic (exact) mass is 463 g/mol. The number of nitrogens with zero attached hydrogens (tertiary/aromatic N) is 2. The minimum Gasteiger partial charge on any atom is -0.465 e. The van der Waals surface area contributed by atoms with E-state index in [0.717, 1.165) is 16.4 Å². The van der Waals surface area contributed by atoms with Crippen molar-refractivity contribution in [3.8, 4) is 0 Å². The summed E-state index contributed by atoms with van der Waals surface area (Å²) in [5.41, 5.74) is -2.04. The summed E-state index contributed by atoms with van der Waals surface area (Å²) in [6.07, 6.45) is 0.529. The zero-order valence-corrected chi connectivity index (χ0v) is 17.8. The Labute approximate surface area is 178 Å². The highest BCUT2D eigenvalue weighted by Crippen LogP contribution is 2.52. The smallest absolute Gasteiger partial charge is 0.411 e. The number of benzene rings is 1. The summed E-state index contributed by atoms with van der Waals surface area (Å²) in [7, 11) is -2.40. The maximum absolute atomic E-state index is 14.8. The molecule has 4 N–H and O–H groups in total. The van der Waals surface area contributed by atoms with Gasteiger partial charge in [0.25, 0.3) is 0 Å². The van der Waals surface area contributed by atoms with Crippen molar-refractivity contribution in [2.24, 2.45) is 10.9 Å². The fraction of sp³-hybridized carbons (Fsp3) is 0.474. The Balaban J connectivity index is 2.06. The first-order valence-corrected chi connectivity index (χ1v) is 11.1. The lowest BCUT2D eigenvalue weighted by Gasteiger charge is -2.49. The number of carboxylic acid groups (broad SMARTS) is 1. The molecule has 1 amide bonds. The van der Waals surface area contributed by atoms with Gasteiger partial charge in [-0.3, -0.25) is 14.4 Å². The van der Waals surface area contributed by atoms with Crippen LogP contribution in [0.25, 0.3) is 6.08 Å². The number of hydrogen-bond acceptors (Lipinski definition) is 6. The summed E-state index contributed by atoms with van der Waals surface area (Å²) in [5.74, 6) is -4.38.